The molecular formula is C12H14N4O3. The van der Waals surface area contributed by atoms with Crippen molar-refractivity contribution in [2.75, 3.05) is 11.9 Å². The van der Waals surface area contributed by atoms with Gasteiger partial charge in [-0.25, -0.2) is 14.8 Å². The SMILES string of the molecule is CCOC(=O)c1coc(NCc2ccnc(C)n2)n1. The van der Waals surface area contributed by atoms with Crippen molar-refractivity contribution in [1.29, 1.82) is 0 Å². The standard InChI is InChI=1S/C12H14N4O3/c1-3-18-11(17)10-7-19-12(16-10)14-6-9-4-5-13-8(2)15-9/h4-5,7H,3,6H2,1-2H3,(H,14,16). The van der Waals surface area contributed by atoms with E-state index in [4.69, 9.17) is 9.15 Å². The zero-order valence-electron chi connectivity index (χ0n) is 10.7. The van der Waals surface area contributed by atoms with E-state index >= 15 is 0 Å². The molecule has 100 valence electrons. The van der Waals surface area contributed by atoms with Gasteiger partial charge in [0.15, 0.2) is 5.69 Å². The van der Waals surface area contributed by atoms with E-state index in [9.17, 15) is 4.79 Å². The highest BCUT2D eigenvalue weighted by Crippen LogP contribution is 2.09. The number of aromatic nitrogens is 3. The molecule has 0 aliphatic rings. The highest BCUT2D eigenvalue weighted by Gasteiger charge is 2.12. The largest absolute Gasteiger partial charge is 0.461 e. The molecule has 2 aromatic rings. The van der Waals surface area contributed by atoms with Crippen molar-refractivity contribution < 1.29 is 13.9 Å². The van der Waals surface area contributed by atoms with E-state index in [0.29, 0.717) is 19.0 Å². The summed E-state index contributed by atoms with van der Waals surface area (Å²) in [5.74, 6) is 0.191. The van der Waals surface area contributed by atoms with Crippen molar-refractivity contribution in [2.45, 2.75) is 20.4 Å². The summed E-state index contributed by atoms with van der Waals surface area (Å²) >= 11 is 0. The molecule has 2 aromatic heterocycles. The monoisotopic (exact) mass is 262 g/mol. The zero-order chi connectivity index (χ0) is 13.7. The van der Waals surface area contributed by atoms with Crippen molar-refractivity contribution in [3.63, 3.8) is 0 Å². The quantitative estimate of drug-likeness (QED) is 0.817. The summed E-state index contributed by atoms with van der Waals surface area (Å²) in [5, 5.41) is 2.93. The van der Waals surface area contributed by atoms with Crippen LogP contribution in [0.4, 0.5) is 6.01 Å². The van der Waals surface area contributed by atoms with Gasteiger partial charge in [-0.05, 0) is 19.9 Å². The Morgan fingerprint density at radius 2 is 2.32 bits per heavy atom. The smallest absolute Gasteiger partial charge is 0.360 e. The lowest BCUT2D eigenvalue weighted by Gasteiger charge is -2.01. The Labute approximate surface area is 110 Å². The fraction of sp³-hybridized carbons (Fsp3) is 0.333. The maximum Gasteiger partial charge on any atom is 0.360 e. The van der Waals surface area contributed by atoms with E-state index in [2.05, 4.69) is 20.3 Å². The molecule has 0 fully saturated rings. The number of hydrogen-bond acceptors (Lipinski definition) is 7. The van der Waals surface area contributed by atoms with Crippen LogP contribution in [0, 0.1) is 6.92 Å². The maximum atomic E-state index is 11.4. The highest BCUT2D eigenvalue weighted by molar-refractivity contribution is 5.87. The second kappa shape index (κ2) is 5.94. The number of esters is 1. The van der Waals surface area contributed by atoms with Crippen LogP contribution in [-0.4, -0.2) is 27.5 Å². The number of nitrogens with zero attached hydrogens (tertiary/aromatic N) is 3. The van der Waals surface area contributed by atoms with Gasteiger partial charge in [0.25, 0.3) is 6.01 Å². The minimum Gasteiger partial charge on any atom is -0.461 e. The van der Waals surface area contributed by atoms with Crippen LogP contribution in [0.1, 0.15) is 28.9 Å². The van der Waals surface area contributed by atoms with Crippen LogP contribution >= 0.6 is 0 Å². The summed E-state index contributed by atoms with van der Waals surface area (Å²) in [6.45, 7) is 4.28. The summed E-state index contributed by atoms with van der Waals surface area (Å²) in [7, 11) is 0. The van der Waals surface area contributed by atoms with Crippen LogP contribution in [-0.2, 0) is 11.3 Å². The van der Waals surface area contributed by atoms with Gasteiger partial charge in [0.2, 0.25) is 0 Å². The molecule has 0 unspecified atom stereocenters. The molecule has 0 saturated carbocycles. The van der Waals surface area contributed by atoms with E-state index in [-0.39, 0.29) is 11.7 Å². The number of hydrogen-bond donors (Lipinski definition) is 1. The summed E-state index contributed by atoms with van der Waals surface area (Å²) in [4.78, 5) is 23.6. The van der Waals surface area contributed by atoms with Crippen LogP contribution < -0.4 is 5.32 Å². The Morgan fingerprint density at radius 1 is 1.47 bits per heavy atom. The first kappa shape index (κ1) is 13.0. The first-order valence-corrected chi connectivity index (χ1v) is 5.84. The van der Waals surface area contributed by atoms with E-state index in [0.717, 1.165) is 5.69 Å². The lowest BCUT2D eigenvalue weighted by Crippen LogP contribution is -2.06. The van der Waals surface area contributed by atoms with E-state index in [1.165, 1.54) is 6.26 Å². The van der Waals surface area contributed by atoms with E-state index in [1.807, 2.05) is 6.92 Å². The predicted octanol–water partition coefficient (Wildman–Crippen LogP) is 1.56. The fourth-order valence-corrected chi connectivity index (χ4v) is 1.42. The van der Waals surface area contributed by atoms with Crippen LogP contribution in [0.2, 0.25) is 0 Å². The van der Waals surface area contributed by atoms with Gasteiger partial charge in [-0.1, -0.05) is 0 Å². The molecule has 7 nitrogen and oxygen atoms in total. The summed E-state index contributed by atoms with van der Waals surface area (Å²) in [6, 6.07) is 2.04. The Bertz CT molecular complexity index is 568. The molecule has 7 heteroatoms. The van der Waals surface area contributed by atoms with Crippen LogP contribution in [0.3, 0.4) is 0 Å². The minimum atomic E-state index is -0.503. The number of aryl methyl sites for hydroxylation is 1. The second-order valence-electron chi connectivity index (χ2n) is 3.71. The highest BCUT2D eigenvalue weighted by atomic mass is 16.5. The molecule has 0 amide bonds. The molecule has 2 heterocycles. The maximum absolute atomic E-state index is 11.4. The molecule has 0 spiro atoms. The van der Waals surface area contributed by atoms with Crippen LogP contribution in [0.5, 0.6) is 0 Å². The average molecular weight is 262 g/mol. The lowest BCUT2D eigenvalue weighted by atomic mass is 10.4. The van der Waals surface area contributed by atoms with Crippen molar-refractivity contribution in [1.82, 2.24) is 15.0 Å². The Morgan fingerprint density at radius 3 is 3.05 bits per heavy atom. The average Bonchev–Trinajstić information content (AvgIpc) is 2.86. The van der Waals surface area contributed by atoms with Crippen molar-refractivity contribution >= 4 is 12.0 Å². The molecule has 2 rings (SSSR count). The van der Waals surface area contributed by atoms with E-state index < -0.39 is 5.97 Å². The van der Waals surface area contributed by atoms with Gasteiger partial charge in [0, 0.05) is 6.20 Å². The molecule has 0 atom stereocenters. The number of nitrogens with one attached hydrogen (secondary N) is 1. The third kappa shape index (κ3) is 3.51. The van der Waals surface area contributed by atoms with Gasteiger partial charge in [-0.15, -0.1) is 0 Å². The molecule has 0 saturated heterocycles. The molecule has 19 heavy (non-hydrogen) atoms. The minimum absolute atomic E-state index is 0.142. The van der Waals surface area contributed by atoms with Gasteiger partial charge >= 0.3 is 5.97 Å². The molecule has 0 aliphatic heterocycles. The Kier molecular flexibility index (Phi) is 4.07. The Hall–Kier alpha value is -2.44. The molecule has 0 aromatic carbocycles. The number of rotatable bonds is 5. The van der Waals surface area contributed by atoms with Crippen molar-refractivity contribution in [2.24, 2.45) is 0 Å². The molecule has 1 N–H and O–H groups in total. The number of oxazole rings is 1. The number of ether oxygens (including phenoxy) is 1. The van der Waals surface area contributed by atoms with E-state index in [1.54, 1.807) is 19.2 Å². The van der Waals surface area contributed by atoms with Gasteiger partial charge in [0.1, 0.15) is 12.1 Å². The predicted molar refractivity (Wildman–Crippen MR) is 66.6 cm³/mol. The third-order valence-electron chi connectivity index (χ3n) is 2.24. The van der Waals surface area contributed by atoms with Gasteiger partial charge in [0.05, 0.1) is 18.8 Å². The first-order valence-electron chi connectivity index (χ1n) is 5.84. The van der Waals surface area contributed by atoms with Gasteiger partial charge < -0.3 is 14.5 Å². The lowest BCUT2D eigenvalue weighted by molar-refractivity contribution is 0.0519. The summed E-state index contributed by atoms with van der Waals surface area (Å²) in [5.41, 5.74) is 0.951. The fourth-order valence-electron chi connectivity index (χ4n) is 1.42. The molecule has 0 aliphatic carbocycles. The van der Waals surface area contributed by atoms with Crippen molar-refractivity contribution in [3.05, 3.63) is 35.7 Å². The van der Waals surface area contributed by atoms with Crippen molar-refractivity contribution in [3.8, 4) is 0 Å². The molecule has 0 radical (unpaired) electrons. The Balaban J connectivity index is 1.95. The summed E-state index contributed by atoms with van der Waals surface area (Å²) < 4.78 is 9.93. The molecular weight excluding hydrogens is 248 g/mol. The van der Waals surface area contributed by atoms with Crippen LogP contribution in [0.15, 0.2) is 22.9 Å². The number of carbonyl (C=O) groups excluding carboxylic acids is 1. The normalized spacial score (nSPS) is 10.2. The number of anilines is 1. The van der Waals surface area contributed by atoms with Gasteiger partial charge in [-0.3, -0.25) is 0 Å². The third-order valence-corrected chi connectivity index (χ3v) is 2.24. The zero-order valence-corrected chi connectivity index (χ0v) is 10.7. The topological polar surface area (TPSA) is 90.1 Å². The molecule has 0 bridgehead atoms. The van der Waals surface area contributed by atoms with Gasteiger partial charge in [-0.2, -0.15) is 4.98 Å². The second-order valence-corrected chi connectivity index (χ2v) is 3.71. The number of carbonyl (C=O) groups is 1. The van der Waals surface area contributed by atoms with Crippen LogP contribution in [0.25, 0.3) is 0 Å². The summed E-state index contributed by atoms with van der Waals surface area (Å²) in [6.07, 6.45) is 2.94. The first-order chi connectivity index (χ1) is 9.19.